The van der Waals surface area contributed by atoms with Crippen LogP contribution in [0.3, 0.4) is 0 Å². The molecule has 35 atom stereocenters. The van der Waals surface area contributed by atoms with Gasteiger partial charge in [0.2, 0.25) is 0 Å². The van der Waals surface area contributed by atoms with Crippen molar-refractivity contribution in [3.8, 4) is 0 Å². The molecule has 21 aliphatic rings. The van der Waals surface area contributed by atoms with Crippen molar-refractivity contribution in [3.05, 3.63) is 0 Å². The molecule has 0 aliphatic carbocycles. The van der Waals surface area contributed by atoms with Crippen molar-refractivity contribution in [1.82, 2.24) is 0 Å². The van der Waals surface area contributed by atoms with Gasteiger partial charge in [-0.1, -0.05) is 0 Å². The van der Waals surface area contributed by atoms with Gasteiger partial charge in [0.05, 0.1) is 117 Å². The normalized spacial score (nSPS) is 36.0. The molecule has 0 spiro atoms. The third-order valence-corrected chi connectivity index (χ3v) is 27.6. The Morgan fingerprint density at radius 1 is 0.164 bits per heavy atom. The van der Waals surface area contributed by atoms with E-state index in [1.807, 2.05) is 0 Å². The Morgan fingerprint density at radius 3 is 0.357 bits per heavy atom. The van der Waals surface area contributed by atoms with Gasteiger partial charge in [-0.25, -0.2) is 58.9 Å². The summed E-state index contributed by atoms with van der Waals surface area (Å²) in [5.74, 6) is -6.14. The van der Waals surface area contributed by atoms with Crippen LogP contribution in [-0.4, -0.2) is 510 Å². The minimum absolute atomic E-state index is 0. The van der Waals surface area contributed by atoms with Gasteiger partial charge in [-0.3, -0.25) is 0 Å². The van der Waals surface area contributed by atoms with Crippen LogP contribution in [0.1, 0.15) is 89.9 Å². The van der Waals surface area contributed by atoms with Gasteiger partial charge in [-0.15, -0.1) is 0 Å². The summed E-state index contributed by atoms with van der Waals surface area (Å²) in [6, 6.07) is 0. The van der Waals surface area contributed by atoms with Gasteiger partial charge in [0.15, 0.2) is 44.0 Å². The Bertz CT molecular complexity index is 3560. The minimum atomic E-state index is -4.78. The Labute approximate surface area is 965 Å². The molecular formula is C70H119Na7O56S7. The van der Waals surface area contributed by atoms with Crippen molar-refractivity contribution in [2.24, 2.45) is 0 Å². The van der Waals surface area contributed by atoms with E-state index in [1.54, 1.807) is 0 Å². The molecule has 784 valence electrons. The Hall–Kier alpha value is 4.97. The van der Waals surface area contributed by atoms with Crippen LogP contribution in [0.15, 0.2) is 0 Å². The number of aliphatic hydroxyl groups excluding tert-OH is 14. The summed E-state index contributed by atoms with van der Waals surface area (Å²) in [4.78, 5) is 0. The van der Waals surface area contributed by atoms with Gasteiger partial charge in [0.25, 0.3) is 0 Å². The number of unbranched alkanes of at least 4 members (excludes halogenated alkanes) is 7. The number of rotatable bonds is 49. The predicted molar refractivity (Wildman–Crippen MR) is 421 cm³/mol. The van der Waals surface area contributed by atoms with Crippen molar-refractivity contribution < 1.29 is 469 Å². The fourth-order valence-electron chi connectivity index (χ4n) is 15.1. The van der Waals surface area contributed by atoms with Crippen LogP contribution < -0.4 is 207 Å². The third-order valence-electron chi connectivity index (χ3n) is 22.0. The maximum Gasteiger partial charge on any atom is 1.00 e. The van der Waals surface area contributed by atoms with Crippen LogP contribution in [-0.2, 0) is 170 Å². The number of aliphatic hydroxyl groups is 14. The molecular weight excluding hydrogens is 2120 g/mol. The largest absolute Gasteiger partial charge is 1.00 e. The molecule has 35 unspecified atom stereocenters. The second-order valence-corrected chi connectivity index (χ2v) is 43.3. The molecule has 21 heterocycles. The van der Waals surface area contributed by atoms with Crippen LogP contribution in [0.25, 0.3) is 0 Å². The molecule has 21 aliphatic heterocycles. The predicted octanol–water partition coefficient (Wildman–Crippen LogP) is -33.8. The van der Waals surface area contributed by atoms with Crippen molar-refractivity contribution >= 4 is 70.8 Å². The molecule has 0 radical (unpaired) electrons. The molecule has 21 fully saturated rings. The number of ether oxygens (including phenoxy) is 21. The molecule has 140 heavy (non-hydrogen) atoms. The van der Waals surface area contributed by atoms with E-state index in [9.17, 15) is 162 Å². The quantitative estimate of drug-likeness (QED) is 0.0153. The number of hydrogen-bond acceptors (Lipinski definition) is 56. The van der Waals surface area contributed by atoms with Gasteiger partial charge in [-0.2, -0.15) is 0 Å². The summed E-state index contributed by atoms with van der Waals surface area (Å²) < 4.78 is 369. The monoisotopic (exact) mass is 2240 g/mol. The Morgan fingerprint density at radius 2 is 0.264 bits per heavy atom. The average molecular weight is 2240 g/mol. The van der Waals surface area contributed by atoms with E-state index in [0.717, 1.165) is 0 Å². The molecule has 0 aromatic heterocycles. The summed E-state index contributed by atoms with van der Waals surface area (Å²) in [6.07, 6.45) is -82.0. The van der Waals surface area contributed by atoms with Crippen LogP contribution in [0, 0.1) is 0 Å². The van der Waals surface area contributed by atoms with Crippen molar-refractivity contribution in [2.45, 2.75) is 305 Å². The van der Waals surface area contributed by atoms with E-state index >= 15 is 0 Å². The van der Waals surface area contributed by atoms with E-state index in [0.29, 0.717) is 0 Å². The maximum atomic E-state index is 12.3. The molecule has 21 saturated heterocycles. The second kappa shape index (κ2) is 68.0. The maximum absolute atomic E-state index is 12.3. The fraction of sp³-hybridized carbons (Fsp3) is 1.00. The summed E-state index contributed by atoms with van der Waals surface area (Å²) in [7, 11) is -33.4. The van der Waals surface area contributed by atoms with Crippen LogP contribution >= 0.6 is 0 Å². The molecule has 0 aromatic rings. The van der Waals surface area contributed by atoms with Gasteiger partial charge in [-0.05, 0) is 89.9 Å². The van der Waals surface area contributed by atoms with Gasteiger partial charge < -0.3 is 203 Å². The Balaban J connectivity index is 0.0000140. The smallest absolute Gasteiger partial charge is 0.748 e. The van der Waals surface area contributed by atoms with Gasteiger partial charge >= 0.3 is 207 Å². The zero-order valence-electron chi connectivity index (χ0n) is 78.2. The molecule has 70 heteroatoms. The SMILES string of the molecule is O=S(=O)([O-])CCCCOCC1OC2OC3C(COCCCCS(=O)(=O)[O-])OC(OC4C(COCCCCS(=O)(=O)[O-])OC(OC5C(COCCCCS(=O)(=O)[O-])OC(OC6C(COCCCCS(=O)(=O)[O-])OC(OC7C(COCCCCS(=O)(=O)[O-])OC(OC8C(COCCCCS(=O)(=O)[O-])OC(OC1C(O)C2O)C(O)C8O)C(O)C7O)C(O)C6O)C(O)C5O)C(O)C4O)C(O)C3O.[Na+].[Na+].[Na+].[Na+].[Na+].[Na+].[Na+]. The van der Waals surface area contributed by atoms with E-state index < -0.39 is 419 Å². The molecule has 14 N–H and O–H groups in total. The van der Waals surface area contributed by atoms with Crippen LogP contribution in [0.5, 0.6) is 0 Å². The van der Waals surface area contributed by atoms with Crippen molar-refractivity contribution in [1.29, 1.82) is 0 Å². The topological polar surface area (TPSA) is 877 Å². The average Bonchev–Trinajstić information content (AvgIpc) is 0.794. The zero-order chi connectivity index (χ0) is 98.3. The van der Waals surface area contributed by atoms with E-state index in [-0.39, 0.29) is 297 Å². The minimum Gasteiger partial charge on any atom is -0.748 e. The van der Waals surface area contributed by atoms with E-state index in [2.05, 4.69) is 0 Å². The van der Waals surface area contributed by atoms with Gasteiger partial charge in [0.1, 0.15) is 171 Å². The summed E-state index contributed by atoms with van der Waals surface area (Å²) >= 11 is 0. The summed E-state index contributed by atoms with van der Waals surface area (Å²) in [5.41, 5.74) is 0. The van der Waals surface area contributed by atoms with E-state index in [4.69, 9.17) is 99.5 Å². The van der Waals surface area contributed by atoms with Crippen LogP contribution in [0.2, 0.25) is 0 Å². The third kappa shape index (κ3) is 48.8. The molecule has 56 nitrogen and oxygen atoms in total. The summed E-state index contributed by atoms with van der Waals surface area (Å²) in [6.45, 7) is -8.85. The molecule has 0 amide bonds. The first-order valence-corrected chi connectivity index (χ1v) is 53.5. The first kappa shape index (κ1) is 143. The second-order valence-electron chi connectivity index (χ2n) is 32.7. The van der Waals surface area contributed by atoms with Crippen molar-refractivity contribution in [2.75, 3.05) is 133 Å². The zero-order valence-corrected chi connectivity index (χ0v) is 97.9. The molecule has 0 saturated carbocycles. The van der Waals surface area contributed by atoms with Crippen LogP contribution in [0.4, 0.5) is 0 Å². The molecule has 0 aromatic carbocycles. The number of hydrogen-bond donors (Lipinski definition) is 14. The fourth-order valence-corrected chi connectivity index (χ4v) is 19.0. The molecule has 14 bridgehead atoms. The van der Waals surface area contributed by atoms with Gasteiger partial charge in [0, 0.05) is 86.5 Å². The van der Waals surface area contributed by atoms with E-state index in [1.165, 1.54) is 0 Å². The summed E-state index contributed by atoms with van der Waals surface area (Å²) in [5, 5.41) is 171. The Kier molecular flexibility index (Phi) is 69.5. The first-order valence-electron chi connectivity index (χ1n) is 42.5. The molecule has 21 rings (SSSR count). The standard InChI is InChI=1S/C70H126O56S7.7Na/c71-43-50(78)64-113-36(29-106-15-1-8-22-127(85,86)87)57(43)120-65-51(79)44(72)59(38(114-65)31-108-17-3-10-24-129(91,92)93)122-67-53(81)46(74)61(40(116-67)33-110-19-5-12-26-131(97,98)99)124-69-55(83)48(76)63(42(118-69)35-112-21-7-14-28-133(103,104)105)126-70-56(84)49(77)62(41(119-70)34-111-20-6-13-27-132(100,101)102)125-68-54(82)47(75)60(39(117-68)32-109-18-4-11-25-130(94,95)96)123-66-52(80)45(73)58(121-64)37(115-66)30-107-16-2-9-23-128(88,89)90;;;;;;;/h36-84H,1-35H2,(H,85,86,87)(H,88,89,90)(H,91,92,93)(H,94,95,96)(H,97,98,99)(H,100,101,102)(H,103,104,105);;;;;;;/q;7*+1/p-7. The first-order chi connectivity index (χ1) is 62.2. The van der Waals surface area contributed by atoms with Crippen molar-refractivity contribution in [3.63, 3.8) is 0 Å².